The lowest BCUT2D eigenvalue weighted by Gasteiger charge is -2.29. The number of amides is 4. The molecular weight excluding hydrogens is 544 g/mol. The first kappa shape index (κ1) is 30.7. The summed E-state index contributed by atoms with van der Waals surface area (Å²) in [6, 6.07) is 3.66. The number of urea groups is 1. The molecule has 2 aromatic rings. The lowest BCUT2D eigenvalue weighted by molar-refractivity contribution is 0.0364. The van der Waals surface area contributed by atoms with Gasteiger partial charge in [-0.1, -0.05) is 18.9 Å². The summed E-state index contributed by atoms with van der Waals surface area (Å²) in [7, 11) is 0. The fraction of sp³-hybridized carbons (Fsp3) is 0.586. The molecule has 3 N–H and O–H groups in total. The summed E-state index contributed by atoms with van der Waals surface area (Å²) in [5, 5.41) is 12.1. The molecule has 4 rings (SSSR count). The van der Waals surface area contributed by atoms with Gasteiger partial charge >= 0.3 is 12.1 Å². The summed E-state index contributed by atoms with van der Waals surface area (Å²) in [5.74, 6) is -0.400. The number of rotatable bonds is 10. The number of pyridine rings is 1. The molecule has 1 aliphatic carbocycles. The molecule has 0 atom stereocenters. The third-order valence-electron chi connectivity index (χ3n) is 6.95. The van der Waals surface area contributed by atoms with E-state index < -0.39 is 17.6 Å². The second kappa shape index (κ2) is 14.6. The van der Waals surface area contributed by atoms with Crippen LogP contribution in [0.3, 0.4) is 0 Å². The first-order valence-electron chi connectivity index (χ1n) is 14.3. The monoisotopic (exact) mass is 586 g/mol. The lowest BCUT2D eigenvalue weighted by atomic mass is 10.2. The average molecular weight is 587 g/mol. The minimum absolute atomic E-state index is 0.0526. The van der Waals surface area contributed by atoms with Gasteiger partial charge < -0.3 is 25.0 Å². The van der Waals surface area contributed by atoms with Crippen molar-refractivity contribution in [1.82, 2.24) is 20.1 Å². The van der Waals surface area contributed by atoms with Gasteiger partial charge in [0.15, 0.2) is 0 Å². The number of anilines is 2. The SMILES string of the molecule is CC(C)(C)OC(=O)Nc1cscc1NC(=O)c1ccc(CN(CCCN2CCOCC2)C(=O)NC2CCCC2)cn1. The molecule has 0 aromatic carbocycles. The average Bonchev–Trinajstić information content (AvgIpc) is 3.60. The van der Waals surface area contributed by atoms with Crippen molar-refractivity contribution in [1.29, 1.82) is 0 Å². The van der Waals surface area contributed by atoms with Crippen LogP contribution in [0.15, 0.2) is 29.1 Å². The molecule has 1 aliphatic heterocycles. The number of nitrogens with one attached hydrogen (secondary N) is 3. The molecule has 0 radical (unpaired) electrons. The summed E-state index contributed by atoms with van der Waals surface area (Å²) in [6.45, 7) is 10.7. The Labute approximate surface area is 246 Å². The number of thiophene rings is 1. The van der Waals surface area contributed by atoms with Gasteiger partial charge in [-0.05, 0) is 51.7 Å². The second-order valence-electron chi connectivity index (χ2n) is 11.5. The molecule has 2 aliphatic rings. The van der Waals surface area contributed by atoms with E-state index >= 15 is 0 Å². The van der Waals surface area contributed by atoms with E-state index in [0.717, 1.165) is 70.5 Å². The summed E-state index contributed by atoms with van der Waals surface area (Å²) in [5.41, 5.74) is 1.36. The molecule has 41 heavy (non-hydrogen) atoms. The Morgan fingerprint density at radius 2 is 1.80 bits per heavy atom. The topological polar surface area (TPSA) is 125 Å². The minimum Gasteiger partial charge on any atom is -0.444 e. The minimum atomic E-state index is -0.634. The third-order valence-corrected chi connectivity index (χ3v) is 7.70. The third kappa shape index (κ3) is 9.98. The number of aromatic nitrogens is 1. The highest BCUT2D eigenvalue weighted by atomic mass is 32.1. The van der Waals surface area contributed by atoms with Crippen LogP contribution in [0, 0.1) is 0 Å². The Bertz CT molecular complexity index is 1150. The zero-order chi connectivity index (χ0) is 29.2. The van der Waals surface area contributed by atoms with Crippen molar-refractivity contribution in [2.75, 3.05) is 50.0 Å². The van der Waals surface area contributed by atoms with Gasteiger partial charge in [0.1, 0.15) is 11.3 Å². The molecule has 2 fully saturated rings. The van der Waals surface area contributed by atoms with Gasteiger partial charge in [0.2, 0.25) is 0 Å². The summed E-state index contributed by atoms with van der Waals surface area (Å²) in [4.78, 5) is 46.8. The van der Waals surface area contributed by atoms with E-state index in [0.29, 0.717) is 24.5 Å². The Balaban J connectivity index is 1.34. The van der Waals surface area contributed by atoms with Gasteiger partial charge in [-0.15, -0.1) is 11.3 Å². The van der Waals surface area contributed by atoms with Crippen molar-refractivity contribution in [3.05, 3.63) is 40.3 Å². The molecule has 11 nitrogen and oxygen atoms in total. The number of hydrogen-bond donors (Lipinski definition) is 3. The second-order valence-corrected chi connectivity index (χ2v) is 12.2. The van der Waals surface area contributed by atoms with Gasteiger partial charge in [0.25, 0.3) is 5.91 Å². The Morgan fingerprint density at radius 1 is 1.10 bits per heavy atom. The van der Waals surface area contributed by atoms with Crippen molar-refractivity contribution in [2.45, 2.75) is 71.1 Å². The Morgan fingerprint density at radius 3 is 2.46 bits per heavy atom. The van der Waals surface area contributed by atoms with Crippen molar-refractivity contribution in [3.63, 3.8) is 0 Å². The highest BCUT2D eigenvalue weighted by Gasteiger charge is 2.22. The van der Waals surface area contributed by atoms with E-state index in [1.807, 2.05) is 11.0 Å². The molecular formula is C29H42N6O5S. The van der Waals surface area contributed by atoms with E-state index in [1.165, 1.54) is 11.3 Å². The number of carbonyl (C=O) groups is 3. The van der Waals surface area contributed by atoms with Crippen LogP contribution >= 0.6 is 11.3 Å². The molecule has 0 unspecified atom stereocenters. The molecule has 3 heterocycles. The molecule has 1 saturated carbocycles. The highest BCUT2D eigenvalue weighted by molar-refractivity contribution is 7.09. The quantitative estimate of drug-likeness (QED) is 0.361. The van der Waals surface area contributed by atoms with E-state index in [9.17, 15) is 14.4 Å². The number of hydrogen-bond acceptors (Lipinski definition) is 8. The van der Waals surface area contributed by atoms with Crippen LogP contribution in [0.25, 0.3) is 0 Å². The van der Waals surface area contributed by atoms with Crippen LogP contribution in [0.4, 0.5) is 21.0 Å². The molecule has 0 spiro atoms. The predicted molar refractivity (Wildman–Crippen MR) is 159 cm³/mol. The van der Waals surface area contributed by atoms with Crippen LogP contribution in [-0.4, -0.2) is 83.9 Å². The lowest BCUT2D eigenvalue weighted by Crippen LogP contribution is -2.45. The van der Waals surface area contributed by atoms with Gasteiger partial charge in [-0.25, -0.2) is 9.59 Å². The predicted octanol–water partition coefficient (Wildman–Crippen LogP) is 4.92. The van der Waals surface area contributed by atoms with Gasteiger partial charge in [0.05, 0.1) is 24.6 Å². The number of carbonyl (C=O) groups excluding carboxylic acids is 3. The largest absolute Gasteiger partial charge is 0.444 e. The van der Waals surface area contributed by atoms with Gasteiger partial charge in [0, 0.05) is 55.7 Å². The summed E-state index contributed by atoms with van der Waals surface area (Å²) >= 11 is 1.34. The molecule has 12 heteroatoms. The maximum absolute atomic E-state index is 13.2. The van der Waals surface area contributed by atoms with Crippen LogP contribution in [0.5, 0.6) is 0 Å². The first-order valence-corrected chi connectivity index (χ1v) is 15.3. The number of nitrogens with zero attached hydrogens (tertiary/aromatic N) is 3. The smallest absolute Gasteiger partial charge is 0.412 e. The zero-order valence-electron chi connectivity index (χ0n) is 24.2. The Kier molecular flexibility index (Phi) is 10.9. The molecule has 1 saturated heterocycles. The maximum Gasteiger partial charge on any atom is 0.412 e. The van der Waals surface area contributed by atoms with Crippen molar-refractivity contribution >= 4 is 40.7 Å². The maximum atomic E-state index is 13.2. The van der Waals surface area contributed by atoms with Crippen molar-refractivity contribution in [3.8, 4) is 0 Å². The standard InChI is InChI=1S/C29H42N6O5S/c1-29(2,3)40-28(38)33-25-20-41-19-24(25)32-26(36)23-10-9-21(17-30-23)18-35(27(37)31-22-7-4-5-8-22)12-6-11-34-13-15-39-16-14-34/h9-10,17,19-20,22H,4-8,11-16,18H2,1-3H3,(H,31,37)(H,32,36)(H,33,38). The normalized spacial score (nSPS) is 16.3. The Hall–Kier alpha value is -3.22. The van der Waals surface area contributed by atoms with E-state index in [2.05, 4.69) is 25.8 Å². The fourth-order valence-electron chi connectivity index (χ4n) is 4.86. The van der Waals surface area contributed by atoms with E-state index in [4.69, 9.17) is 9.47 Å². The molecule has 2 aromatic heterocycles. The van der Waals surface area contributed by atoms with Gasteiger partial charge in [-0.2, -0.15) is 0 Å². The number of morpholine rings is 1. The van der Waals surface area contributed by atoms with Crippen molar-refractivity contribution in [2.24, 2.45) is 0 Å². The van der Waals surface area contributed by atoms with Crippen LogP contribution in [-0.2, 0) is 16.0 Å². The molecule has 224 valence electrons. The highest BCUT2D eigenvalue weighted by Crippen LogP contribution is 2.27. The van der Waals surface area contributed by atoms with E-state index in [-0.39, 0.29) is 17.8 Å². The summed E-state index contributed by atoms with van der Waals surface area (Å²) in [6.07, 6.45) is 6.27. The van der Waals surface area contributed by atoms with Crippen LogP contribution in [0.2, 0.25) is 0 Å². The van der Waals surface area contributed by atoms with Crippen LogP contribution in [0.1, 0.15) is 68.9 Å². The molecule has 0 bridgehead atoms. The van der Waals surface area contributed by atoms with E-state index in [1.54, 1.807) is 43.8 Å². The summed E-state index contributed by atoms with van der Waals surface area (Å²) < 4.78 is 10.7. The first-order chi connectivity index (χ1) is 19.7. The van der Waals surface area contributed by atoms with Gasteiger partial charge in [-0.3, -0.25) is 20.0 Å². The number of ether oxygens (including phenoxy) is 2. The van der Waals surface area contributed by atoms with Crippen LogP contribution < -0.4 is 16.0 Å². The fourth-order valence-corrected chi connectivity index (χ4v) is 5.57. The molecule has 4 amide bonds. The van der Waals surface area contributed by atoms with Crippen molar-refractivity contribution < 1.29 is 23.9 Å². The zero-order valence-corrected chi connectivity index (χ0v) is 25.1.